The molecule has 0 bridgehead atoms. The summed E-state index contributed by atoms with van der Waals surface area (Å²) in [4.78, 5) is 4.48. The van der Waals surface area contributed by atoms with Crippen LogP contribution in [0.25, 0.3) is 11.3 Å². The molecule has 6 heteroatoms. The molecule has 1 heterocycles. The molecule has 0 fully saturated rings. The monoisotopic (exact) mass is 328 g/mol. The summed E-state index contributed by atoms with van der Waals surface area (Å²) in [6.45, 7) is 1.90. The lowest BCUT2D eigenvalue weighted by atomic mass is 10.1. The van der Waals surface area contributed by atoms with Gasteiger partial charge in [0.1, 0.15) is 5.69 Å². The molecule has 0 spiro atoms. The number of anilines is 1. The normalized spacial score (nSPS) is 10.6. The van der Waals surface area contributed by atoms with Gasteiger partial charge in [0.25, 0.3) is 5.95 Å². The maximum Gasteiger partial charge on any atom is 0.265 e. The van der Waals surface area contributed by atoms with Crippen LogP contribution in [0.15, 0.2) is 59.7 Å². The van der Waals surface area contributed by atoms with E-state index >= 15 is 0 Å². The smallest absolute Gasteiger partial charge is 0.234 e. The first-order valence-corrected chi connectivity index (χ1v) is 7.72. The van der Waals surface area contributed by atoms with Gasteiger partial charge in [-0.1, -0.05) is 42.5 Å². The fourth-order valence-corrected chi connectivity index (χ4v) is 2.24. The summed E-state index contributed by atoms with van der Waals surface area (Å²) in [6.07, 6.45) is 1.69. The SMILES string of the molecule is Cc1nc(N(C)/N=C/c2ccc(C#N)cc2)nnc1-c1ccccc1. The minimum Gasteiger partial charge on any atom is -0.234 e. The van der Waals surface area contributed by atoms with Gasteiger partial charge in [-0.05, 0) is 24.6 Å². The predicted octanol–water partition coefficient (Wildman–Crippen LogP) is 3.19. The standard InChI is InChI=1S/C19H16N6/c1-14-18(17-6-4-3-5-7-17)23-24-19(22-14)25(2)21-13-16-10-8-15(12-20)9-11-16/h3-11,13H,1-2H3/b21-13+. The largest absolute Gasteiger partial charge is 0.265 e. The molecule has 0 N–H and O–H groups in total. The van der Waals surface area contributed by atoms with Crippen molar-refractivity contribution in [2.75, 3.05) is 12.1 Å². The molecule has 3 rings (SSSR count). The molecule has 3 aromatic rings. The van der Waals surface area contributed by atoms with Crippen LogP contribution in [0.3, 0.4) is 0 Å². The number of aryl methyl sites for hydroxylation is 1. The molecule has 0 saturated heterocycles. The van der Waals surface area contributed by atoms with E-state index in [4.69, 9.17) is 5.26 Å². The van der Waals surface area contributed by atoms with Gasteiger partial charge in [-0.3, -0.25) is 0 Å². The fourth-order valence-electron chi connectivity index (χ4n) is 2.24. The number of hydrazone groups is 1. The van der Waals surface area contributed by atoms with E-state index in [1.54, 1.807) is 30.4 Å². The van der Waals surface area contributed by atoms with Crippen molar-refractivity contribution in [1.29, 1.82) is 5.26 Å². The highest BCUT2D eigenvalue weighted by molar-refractivity contribution is 5.80. The molecule has 0 atom stereocenters. The second-order valence-electron chi connectivity index (χ2n) is 5.41. The van der Waals surface area contributed by atoms with Crippen LogP contribution in [-0.2, 0) is 0 Å². The van der Waals surface area contributed by atoms with E-state index in [2.05, 4.69) is 26.4 Å². The molecule has 25 heavy (non-hydrogen) atoms. The summed E-state index contributed by atoms with van der Waals surface area (Å²) in [6, 6.07) is 19.1. The highest BCUT2D eigenvalue weighted by Crippen LogP contribution is 2.19. The third-order valence-corrected chi connectivity index (χ3v) is 3.61. The van der Waals surface area contributed by atoms with Gasteiger partial charge in [0.05, 0.1) is 23.5 Å². The van der Waals surface area contributed by atoms with E-state index < -0.39 is 0 Å². The third kappa shape index (κ3) is 3.85. The Morgan fingerprint density at radius 3 is 2.40 bits per heavy atom. The molecular formula is C19H16N6. The maximum atomic E-state index is 8.81. The topological polar surface area (TPSA) is 78.1 Å². The van der Waals surface area contributed by atoms with Crippen molar-refractivity contribution in [3.8, 4) is 17.3 Å². The average Bonchev–Trinajstić information content (AvgIpc) is 2.67. The van der Waals surface area contributed by atoms with Gasteiger partial charge in [-0.25, -0.2) is 9.99 Å². The molecule has 0 unspecified atom stereocenters. The Morgan fingerprint density at radius 1 is 1.04 bits per heavy atom. The van der Waals surface area contributed by atoms with Gasteiger partial charge in [0.2, 0.25) is 0 Å². The van der Waals surface area contributed by atoms with Crippen LogP contribution in [0.5, 0.6) is 0 Å². The molecule has 0 aliphatic heterocycles. The first-order chi connectivity index (χ1) is 12.2. The third-order valence-electron chi connectivity index (χ3n) is 3.61. The number of hydrogen-bond donors (Lipinski definition) is 0. The lowest BCUT2D eigenvalue weighted by Gasteiger charge is -2.11. The molecule has 0 radical (unpaired) electrons. The van der Waals surface area contributed by atoms with Crippen LogP contribution in [-0.4, -0.2) is 28.4 Å². The number of benzene rings is 2. The molecule has 0 saturated carbocycles. The van der Waals surface area contributed by atoms with Crippen molar-refractivity contribution < 1.29 is 0 Å². The number of nitriles is 1. The maximum absolute atomic E-state index is 8.81. The Hall–Kier alpha value is -3.59. The Balaban J connectivity index is 1.78. The first-order valence-electron chi connectivity index (χ1n) is 7.72. The van der Waals surface area contributed by atoms with Crippen molar-refractivity contribution in [3.05, 3.63) is 71.4 Å². The summed E-state index contributed by atoms with van der Waals surface area (Å²) in [5, 5.41) is 23.1. The summed E-state index contributed by atoms with van der Waals surface area (Å²) in [5.74, 6) is 0.419. The summed E-state index contributed by atoms with van der Waals surface area (Å²) in [5.41, 5.74) is 4.03. The lowest BCUT2D eigenvalue weighted by Crippen LogP contribution is -2.14. The van der Waals surface area contributed by atoms with Crippen LogP contribution in [0.2, 0.25) is 0 Å². The van der Waals surface area contributed by atoms with Crippen LogP contribution in [0.4, 0.5) is 5.95 Å². The van der Waals surface area contributed by atoms with Crippen molar-refractivity contribution >= 4 is 12.2 Å². The van der Waals surface area contributed by atoms with Crippen LogP contribution >= 0.6 is 0 Å². The van der Waals surface area contributed by atoms with Gasteiger partial charge in [-0.2, -0.15) is 10.4 Å². The molecule has 0 aliphatic carbocycles. The molecular weight excluding hydrogens is 312 g/mol. The summed E-state index contributed by atoms with van der Waals surface area (Å²) < 4.78 is 0. The molecule has 122 valence electrons. The fraction of sp³-hybridized carbons (Fsp3) is 0.105. The zero-order valence-electron chi connectivity index (χ0n) is 14.0. The average molecular weight is 328 g/mol. The Bertz CT molecular complexity index is 926. The minimum absolute atomic E-state index is 0.419. The quantitative estimate of drug-likeness (QED) is 0.543. The number of rotatable bonds is 4. The van der Waals surface area contributed by atoms with Gasteiger partial charge < -0.3 is 0 Å². The number of hydrogen-bond acceptors (Lipinski definition) is 6. The van der Waals surface area contributed by atoms with Gasteiger partial charge in [-0.15, -0.1) is 10.2 Å². The van der Waals surface area contributed by atoms with Crippen LogP contribution < -0.4 is 5.01 Å². The van der Waals surface area contributed by atoms with Crippen molar-refractivity contribution in [1.82, 2.24) is 15.2 Å². The second-order valence-corrected chi connectivity index (χ2v) is 5.41. The van der Waals surface area contributed by atoms with Gasteiger partial charge in [0.15, 0.2) is 0 Å². The van der Waals surface area contributed by atoms with E-state index in [1.807, 2.05) is 49.4 Å². The Labute approximate surface area is 146 Å². The Kier molecular flexibility index (Phi) is 4.77. The number of nitrogens with zero attached hydrogens (tertiary/aromatic N) is 6. The van der Waals surface area contributed by atoms with E-state index in [1.165, 1.54) is 0 Å². The molecule has 1 aromatic heterocycles. The zero-order chi connectivity index (χ0) is 17.6. The second kappa shape index (κ2) is 7.32. The van der Waals surface area contributed by atoms with E-state index in [0.29, 0.717) is 11.5 Å². The highest BCUT2D eigenvalue weighted by Gasteiger charge is 2.09. The van der Waals surface area contributed by atoms with Crippen molar-refractivity contribution in [2.24, 2.45) is 5.10 Å². The zero-order valence-corrected chi connectivity index (χ0v) is 14.0. The number of aromatic nitrogens is 3. The van der Waals surface area contributed by atoms with Crippen LogP contribution in [0, 0.1) is 18.3 Å². The van der Waals surface area contributed by atoms with Crippen molar-refractivity contribution in [2.45, 2.75) is 6.92 Å². The van der Waals surface area contributed by atoms with Crippen LogP contribution in [0.1, 0.15) is 16.8 Å². The van der Waals surface area contributed by atoms with E-state index in [-0.39, 0.29) is 0 Å². The first kappa shape index (κ1) is 16.3. The van der Waals surface area contributed by atoms with Gasteiger partial charge >= 0.3 is 0 Å². The molecule has 0 aliphatic rings. The van der Waals surface area contributed by atoms with Crippen molar-refractivity contribution in [3.63, 3.8) is 0 Å². The molecule has 2 aromatic carbocycles. The molecule has 0 amide bonds. The van der Waals surface area contributed by atoms with E-state index in [0.717, 1.165) is 22.5 Å². The van der Waals surface area contributed by atoms with Gasteiger partial charge in [0, 0.05) is 12.6 Å². The predicted molar refractivity (Wildman–Crippen MR) is 97.2 cm³/mol. The summed E-state index contributed by atoms with van der Waals surface area (Å²) in [7, 11) is 1.76. The Morgan fingerprint density at radius 2 is 1.76 bits per heavy atom. The summed E-state index contributed by atoms with van der Waals surface area (Å²) >= 11 is 0. The highest BCUT2D eigenvalue weighted by atomic mass is 15.5. The molecule has 6 nitrogen and oxygen atoms in total. The lowest BCUT2D eigenvalue weighted by molar-refractivity contribution is 0.861. The minimum atomic E-state index is 0.419. The van der Waals surface area contributed by atoms with E-state index in [9.17, 15) is 0 Å².